The van der Waals surface area contributed by atoms with Crippen LogP contribution in [0, 0.1) is 0 Å². The van der Waals surface area contributed by atoms with Crippen LogP contribution in [0.15, 0.2) is 24.5 Å². The van der Waals surface area contributed by atoms with Crippen molar-refractivity contribution in [3.8, 4) is 0 Å². The van der Waals surface area contributed by atoms with E-state index in [1.807, 2.05) is 30.2 Å². The zero-order chi connectivity index (χ0) is 13.0. The Hall–Kier alpha value is -1.62. The van der Waals surface area contributed by atoms with Gasteiger partial charge in [0.15, 0.2) is 0 Å². The first-order valence-electron chi connectivity index (χ1n) is 6.44. The van der Waals surface area contributed by atoms with Crippen molar-refractivity contribution in [2.45, 2.75) is 39.4 Å². The smallest absolute Gasteiger partial charge is 0.0791 e. The topological polar surface area (TPSA) is 47.7 Å². The Labute approximate surface area is 108 Å². The lowest BCUT2D eigenvalue weighted by Gasteiger charge is -2.12. The van der Waals surface area contributed by atoms with Crippen LogP contribution >= 0.6 is 0 Å². The first kappa shape index (κ1) is 12.8. The maximum atomic E-state index is 4.40. The highest BCUT2D eigenvalue weighted by molar-refractivity contribution is 5.06. The third kappa shape index (κ3) is 2.98. The molecule has 0 saturated heterocycles. The number of nitrogens with one attached hydrogen (secondary N) is 1. The molecule has 0 fully saturated rings. The van der Waals surface area contributed by atoms with Gasteiger partial charge in [0, 0.05) is 38.6 Å². The van der Waals surface area contributed by atoms with Crippen molar-refractivity contribution < 1.29 is 0 Å². The molecule has 2 heterocycles. The van der Waals surface area contributed by atoms with Crippen molar-refractivity contribution in [2.24, 2.45) is 7.05 Å². The summed E-state index contributed by atoms with van der Waals surface area (Å²) in [6.07, 6.45) is 4.93. The lowest BCUT2D eigenvalue weighted by Crippen LogP contribution is -2.21. The Morgan fingerprint density at radius 1 is 1.39 bits per heavy atom. The Kier molecular flexibility index (Phi) is 4.15. The Morgan fingerprint density at radius 2 is 2.22 bits per heavy atom. The predicted molar refractivity (Wildman–Crippen MR) is 71.0 cm³/mol. The van der Waals surface area contributed by atoms with E-state index in [2.05, 4.69) is 40.1 Å². The van der Waals surface area contributed by atoms with Crippen molar-refractivity contribution in [1.82, 2.24) is 24.9 Å². The SMILES string of the molecule is CCCn1nccc1CNC(C)c1ccn(C)n1. The molecule has 2 aromatic heterocycles. The molecule has 2 aromatic rings. The van der Waals surface area contributed by atoms with Gasteiger partial charge in [0.25, 0.3) is 0 Å². The summed E-state index contributed by atoms with van der Waals surface area (Å²) >= 11 is 0. The fourth-order valence-electron chi connectivity index (χ4n) is 1.95. The van der Waals surface area contributed by atoms with Gasteiger partial charge in [0.2, 0.25) is 0 Å². The van der Waals surface area contributed by atoms with E-state index >= 15 is 0 Å². The number of aromatic nitrogens is 4. The fraction of sp³-hybridized carbons (Fsp3) is 0.538. The molecule has 0 aliphatic carbocycles. The molecule has 0 aromatic carbocycles. The molecule has 2 rings (SSSR count). The zero-order valence-electron chi connectivity index (χ0n) is 11.3. The molecule has 0 aliphatic rings. The summed E-state index contributed by atoms with van der Waals surface area (Å²) in [5.41, 5.74) is 2.29. The van der Waals surface area contributed by atoms with Crippen molar-refractivity contribution in [1.29, 1.82) is 0 Å². The van der Waals surface area contributed by atoms with Crippen LogP contribution in [0.5, 0.6) is 0 Å². The summed E-state index contributed by atoms with van der Waals surface area (Å²) in [5.74, 6) is 0. The van der Waals surface area contributed by atoms with E-state index in [0.717, 1.165) is 25.2 Å². The van der Waals surface area contributed by atoms with E-state index in [9.17, 15) is 0 Å². The number of nitrogens with zero attached hydrogens (tertiary/aromatic N) is 4. The van der Waals surface area contributed by atoms with Gasteiger partial charge in [-0.3, -0.25) is 9.36 Å². The zero-order valence-corrected chi connectivity index (χ0v) is 11.3. The monoisotopic (exact) mass is 247 g/mol. The van der Waals surface area contributed by atoms with Crippen LogP contribution in [0.2, 0.25) is 0 Å². The number of aryl methyl sites for hydroxylation is 2. The molecule has 1 N–H and O–H groups in total. The average Bonchev–Trinajstić information content (AvgIpc) is 2.96. The van der Waals surface area contributed by atoms with E-state index in [4.69, 9.17) is 0 Å². The van der Waals surface area contributed by atoms with Crippen LogP contribution in [-0.4, -0.2) is 19.6 Å². The Balaban J connectivity index is 1.92. The molecule has 0 amide bonds. The van der Waals surface area contributed by atoms with Gasteiger partial charge >= 0.3 is 0 Å². The van der Waals surface area contributed by atoms with Crippen LogP contribution < -0.4 is 5.32 Å². The van der Waals surface area contributed by atoms with Crippen molar-refractivity contribution in [3.63, 3.8) is 0 Å². The van der Waals surface area contributed by atoms with Crippen LogP contribution in [-0.2, 0) is 20.1 Å². The van der Waals surface area contributed by atoms with Crippen LogP contribution in [0.1, 0.15) is 37.7 Å². The second kappa shape index (κ2) is 5.82. The van der Waals surface area contributed by atoms with Crippen molar-refractivity contribution in [3.05, 3.63) is 35.9 Å². The van der Waals surface area contributed by atoms with Gasteiger partial charge < -0.3 is 5.32 Å². The highest BCUT2D eigenvalue weighted by atomic mass is 15.3. The van der Waals surface area contributed by atoms with Gasteiger partial charge in [-0.15, -0.1) is 0 Å². The molecule has 0 aliphatic heterocycles. The summed E-state index contributed by atoms with van der Waals surface area (Å²) in [6, 6.07) is 4.35. The molecule has 5 heteroatoms. The molecule has 18 heavy (non-hydrogen) atoms. The number of hydrogen-bond acceptors (Lipinski definition) is 3. The maximum Gasteiger partial charge on any atom is 0.0791 e. The summed E-state index contributed by atoms with van der Waals surface area (Å²) in [7, 11) is 1.94. The predicted octanol–water partition coefficient (Wildman–Crippen LogP) is 1.88. The van der Waals surface area contributed by atoms with Crippen LogP contribution in [0.3, 0.4) is 0 Å². The molecule has 0 spiro atoms. The molecule has 98 valence electrons. The second-order valence-electron chi connectivity index (χ2n) is 4.56. The molecule has 1 unspecified atom stereocenters. The second-order valence-corrected chi connectivity index (χ2v) is 4.56. The lowest BCUT2D eigenvalue weighted by molar-refractivity contribution is 0.507. The minimum atomic E-state index is 0.246. The fourth-order valence-corrected chi connectivity index (χ4v) is 1.95. The standard InChI is InChI=1S/C13H21N5/c1-4-8-18-12(5-7-15-18)10-14-11(2)13-6-9-17(3)16-13/h5-7,9,11,14H,4,8,10H2,1-3H3. The third-order valence-corrected chi connectivity index (χ3v) is 3.01. The summed E-state index contributed by atoms with van der Waals surface area (Å²) in [6.45, 7) is 6.08. The normalized spacial score (nSPS) is 12.8. The summed E-state index contributed by atoms with van der Waals surface area (Å²) in [5, 5.41) is 12.2. The molecular weight excluding hydrogens is 226 g/mol. The third-order valence-electron chi connectivity index (χ3n) is 3.01. The largest absolute Gasteiger partial charge is 0.303 e. The van der Waals surface area contributed by atoms with E-state index in [1.165, 1.54) is 5.69 Å². The Morgan fingerprint density at radius 3 is 2.89 bits per heavy atom. The minimum absolute atomic E-state index is 0.246. The van der Waals surface area contributed by atoms with E-state index < -0.39 is 0 Å². The lowest BCUT2D eigenvalue weighted by atomic mass is 10.2. The van der Waals surface area contributed by atoms with E-state index in [0.29, 0.717) is 0 Å². The molecule has 0 saturated carbocycles. The first-order valence-corrected chi connectivity index (χ1v) is 6.44. The maximum absolute atomic E-state index is 4.40. The minimum Gasteiger partial charge on any atom is -0.303 e. The number of rotatable bonds is 6. The van der Waals surface area contributed by atoms with Gasteiger partial charge in [-0.2, -0.15) is 10.2 Å². The van der Waals surface area contributed by atoms with Gasteiger partial charge in [0.05, 0.1) is 11.4 Å². The van der Waals surface area contributed by atoms with Crippen LogP contribution in [0.4, 0.5) is 0 Å². The van der Waals surface area contributed by atoms with Gasteiger partial charge in [-0.05, 0) is 25.5 Å². The van der Waals surface area contributed by atoms with E-state index in [-0.39, 0.29) is 6.04 Å². The quantitative estimate of drug-likeness (QED) is 0.848. The van der Waals surface area contributed by atoms with E-state index in [1.54, 1.807) is 0 Å². The van der Waals surface area contributed by atoms with Gasteiger partial charge in [-0.25, -0.2) is 0 Å². The summed E-state index contributed by atoms with van der Waals surface area (Å²) in [4.78, 5) is 0. The molecule has 0 radical (unpaired) electrons. The molecule has 0 bridgehead atoms. The Bertz CT molecular complexity index is 485. The molecule has 1 atom stereocenters. The van der Waals surface area contributed by atoms with Gasteiger partial charge in [-0.1, -0.05) is 6.92 Å². The van der Waals surface area contributed by atoms with Gasteiger partial charge in [0.1, 0.15) is 0 Å². The first-order chi connectivity index (χ1) is 8.70. The highest BCUT2D eigenvalue weighted by Crippen LogP contribution is 2.10. The highest BCUT2D eigenvalue weighted by Gasteiger charge is 2.09. The summed E-state index contributed by atoms with van der Waals surface area (Å²) < 4.78 is 3.88. The van der Waals surface area contributed by atoms with Crippen molar-refractivity contribution in [2.75, 3.05) is 0 Å². The average molecular weight is 247 g/mol. The van der Waals surface area contributed by atoms with Crippen LogP contribution in [0.25, 0.3) is 0 Å². The molecular formula is C13H21N5. The number of hydrogen-bond donors (Lipinski definition) is 1. The van der Waals surface area contributed by atoms with Crippen molar-refractivity contribution >= 4 is 0 Å². The molecule has 5 nitrogen and oxygen atoms in total.